The van der Waals surface area contributed by atoms with Crippen molar-refractivity contribution < 1.29 is 0 Å². The first-order valence-corrected chi connectivity index (χ1v) is 15.0. The van der Waals surface area contributed by atoms with Crippen molar-refractivity contribution in [1.29, 1.82) is 0 Å². The van der Waals surface area contributed by atoms with Crippen LogP contribution >= 0.6 is 31.9 Å². The Bertz CT molecular complexity index is 1380. The highest BCUT2D eigenvalue weighted by molar-refractivity contribution is 9.10. The second-order valence-electron chi connectivity index (χ2n) is 9.22. The van der Waals surface area contributed by atoms with Crippen LogP contribution in [0.3, 0.4) is 0 Å². The van der Waals surface area contributed by atoms with Crippen molar-refractivity contribution in [1.82, 2.24) is 4.98 Å². The van der Waals surface area contributed by atoms with Gasteiger partial charge in [0, 0.05) is 20.9 Å². The third kappa shape index (κ3) is 2.84. The molecule has 1 aliphatic carbocycles. The second-order valence-corrected chi connectivity index (χ2v) is 15.4. The highest BCUT2D eigenvalue weighted by Crippen LogP contribution is 2.45. The maximum Gasteiger partial charge on any atom is 0.0934 e. The van der Waals surface area contributed by atoms with E-state index in [0.29, 0.717) is 5.54 Å². The van der Waals surface area contributed by atoms with E-state index in [9.17, 15) is 0 Å². The van der Waals surface area contributed by atoms with Gasteiger partial charge in [0.05, 0.1) is 12.7 Å². The first kappa shape index (κ1) is 20.3. The van der Waals surface area contributed by atoms with Crippen LogP contribution in [-0.2, 0) is 0 Å². The maximum atomic E-state index is 3.78. The average Bonchev–Trinajstić information content (AvgIpc) is 3.19. The van der Waals surface area contributed by atoms with Crippen molar-refractivity contribution in [3.8, 4) is 0 Å². The van der Waals surface area contributed by atoms with Gasteiger partial charge in [0.15, 0.2) is 0 Å². The Morgan fingerprint density at radius 2 is 1.67 bits per heavy atom. The molecule has 4 heteroatoms. The van der Waals surface area contributed by atoms with Crippen molar-refractivity contribution in [2.24, 2.45) is 0 Å². The molecular weight excluding hydrogens is 514 g/mol. The lowest BCUT2D eigenvalue weighted by atomic mass is 10.0. The number of hydrogen-bond donors (Lipinski definition) is 1. The lowest BCUT2D eigenvalue weighted by Gasteiger charge is -2.33. The van der Waals surface area contributed by atoms with Gasteiger partial charge in [0.1, 0.15) is 0 Å². The lowest BCUT2D eigenvalue weighted by molar-refractivity contribution is 1.08. The van der Waals surface area contributed by atoms with Crippen LogP contribution in [0.5, 0.6) is 0 Å². The molecular formula is C26H25Br2NSi. The van der Waals surface area contributed by atoms with E-state index in [-0.39, 0.29) is 0 Å². The normalized spacial score (nSPS) is 16.4. The van der Waals surface area contributed by atoms with Crippen LogP contribution < -0.4 is 5.19 Å². The van der Waals surface area contributed by atoms with E-state index in [0.717, 1.165) is 4.60 Å². The Kier molecular flexibility index (Phi) is 4.70. The molecule has 30 heavy (non-hydrogen) atoms. The van der Waals surface area contributed by atoms with Gasteiger partial charge < -0.3 is 4.98 Å². The van der Waals surface area contributed by atoms with Gasteiger partial charge in [-0.2, -0.15) is 0 Å². The minimum Gasteiger partial charge on any atom is -0.349 e. The topological polar surface area (TPSA) is 15.8 Å². The van der Waals surface area contributed by atoms with Crippen molar-refractivity contribution in [2.45, 2.75) is 39.4 Å². The van der Waals surface area contributed by atoms with Gasteiger partial charge in [0.25, 0.3) is 0 Å². The smallest absolute Gasteiger partial charge is 0.0934 e. The summed E-state index contributed by atoms with van der Waals surface area (Å²) >= 11 is 7.39. The quantitative estimate of drug-likeness (QED) is 0.196. The molecule has 0 radical (unpaired) electrons. The predicted molar refractivity (Wildman–Crippen MR) is 141 cm³/mol. The van der Waals surface area contributed by atoms with E-state index < -0.39 is 8.07 Å². The number of aryl methyl sites for hydroxylation is 2. The summed E-state index contributed by atoms with van der Waals surface area (Å²) in [6, 6.07) is 15.8. The summed E-state index contributed by atoms with van der Waals surface area (Å²) in [5, 5.41) is 5.73. The number of benzene rings is 2. The molecule has 0 fully saturated rings. The summed E-state index contributed by atoms with van der Waals surface area (Å²) in [4.78, 5) is 3.53. The standard InChI is InChI=1S/C26H25Br2NSi/c1-14-11-19-16(3)17-9-10-24(28)29-23(17)13-21(19)26(14)30(4,5)25-15(2)12-20-18(25)7-6-8-22(20)27/h6-13,25,29H,1-5H3. The second kappa shape index (κ2) is 6.94. The monoisotopic (exact) mass is 537 g/mol. The Balaban J connectivity index is 1.79. The Labute approximate surface area is 195 Å². The summed E-state index contributed by atoms with van der Waals surface area (Å²) in [7, 11) is -1.88. The van der Waals surface area contributed by atoms with Crippen LogP contribution in [0.2, 0.25) is 13.1 Å². The SMILES string of the molecule is CC1=Cc2c(Br)cccc2C1[Si](C)(C)c1c(C)cc2c(C)c3ccc(Br)[nH]c3cc12. The first-order valence-electron chi connectivity index (χ1n) is 10.4. The molecule has 0 spiro atoms. The molecule has 1 unspecified atom stereocenters. The summed E-state index contributed by atoms with van der Waals surface area (Å²) < 4.78 is 2.22. The number of nitrogens with one attached hydrogen (secondary N) is 1. The maximum absolute atomic E-state index is 3.78. The number of allylic oxidation sites excluding steroid dienone is 1. The number of fused-ring (bicyclic) bond motifs is 3. The van der Waals surface area contributed by atoms with Gasteiger partial charge in [-0.15, -0.1) is 0 Å². The van der Waals surface area contributed by atoms with Crippen molar-refractivity contribution in [3.05, 3.63) is 79.4 Å². The summed E-state index contributed by atoms with van der Waals surface area (Å²) in [6.45, 7) is 12.0. The van der Waals surface area contributed by atoms with Crippen LogP contribution in [0.15, 0.2) is 57.1 Å². The van der Waals surface area contributed by atoms with E-state index in [1.807, 2.05) is 0 Å². The zero-order chi connectivity index (χ0) is 21.4. The minimum absolute atomic E-state index is 0.497. The van der Waals surface area contributed by atoms with Crippen molar-refractivity contribution in [2.75, 3.05) is 0 Å². The molecule has 0 aliphatic heterocycles. The lowest BCUT2D eigenvalue weighted by Crippen LogP contribution is -2.48. The van der Waals surface area contributed by atoms with Crippen LogP contribution in [0, 0.1) is 13.8 Å². The molecule has 3 aromatic carbocycles. The fraction of sp³-hybridized carbons (Fsp3) is 0.231. The molecule has 1 atom stereocenters. The third-order valence-corrected chi connectivity index (χ3v) is 12.3. The van der Waals surface area contributed by atoms with E-state index in [1.54, 1.807) is 5.19 Å². The molecule has 0 saturated heterocycles. The van der Waals surface area contributed by atoms with Crippen LogP contribution in [0.25, 0.3) is 27.8 Å². The number of H-pyrrole nitrogens is 1. The molecule has 1 aliphatic rings. The zero-order valence-electron chi connectivity index (χ0n) is 18.0. The minimum atomic E-state index is -1.88. The van der Waals surface area contributed by atoms with Crippen molar-refractivity contribution in [3.63, 3.8) is 0 Å². The molecule has 1 nitrogen and oxygen atoms in total. The zero-order valence-corrected chi connectivity index (χ0v) is 22.1. The Morgan fingerprint density at radius 1 is 0.900 bits per heavy atom. The van der Waals surface area contributed by atoms with Gasteiger partial charge >= 0.3 is 0 Å². The largest absolute Gasteiger partial charge is 0.349 e. The Morgan fingerprint density at radius 3 is 2.43 bits per heavy atom. The number of halogens is 2. The van der Waals surface area contributed by atoms with Gasteiger partial charge in [-0.1, -0.05) is 64.4 Å². The molecule has 0 amide bonds. The molecule has 4 aromatic rings. The molecule has 152 valence electrons. The summed E-state index contributed by atoms with van der Waals surface area (Å²) in [6.07, 6.45) is 2.39. The van der Waals surface area contributed by atoms with Gasteiger partial charge in [-0.25, -0.2) is 0 Å². The van der Waals surface area contributed by atoms with E-state index in [4.69, 9.17) is 0 Å². The third-order valence-electron chi connectivity index (χ3n) is 6.94. The molecule has 0 bridgehead atoms. The Hall–Kier alpha value is -1.62. The fourth-order valence-electron chi connectivity index (χ4n) is 5.86. The molecule has 1 heterocycles. The number of aromatic amines is 1. The number of rotatable bonds is 2. The van der Waals surface area contributed by atoms with E-state index in [2.05, 4.69) is 119 Å². The number of hydrogen-bond acceptors (Lipinski definition) is 0. The van der Waals surface area contributed by atoms with Gasteiger partial charge in [-0.05, 0) is 93.6 Å². The fourth-order valence-corrected chi connectivity index (χ4v) is 11.2. The number of aromatic nitrogens is 1. The molecule has 5 rings (SSSR count). The molecule has 0 saturated carbocycles. The summed E-state index contributed by atoms with van der Waals surface area (Å²) in [5.74, 6) is 0. The van der Waals surface area contributed by atoms with Crippen LogP contribution in [0.1, 0.15) is 34.7 Å². The van der Waals surface area contributed by atoms with Crippen molar-refractivity contribution >= 4 is 72.9 Å². The van der Waals surface area contributed by atoms with Crippen LogP contribution in [0.4, 0.5) is 0 Å². The van der Waals surface area contributed by atoms with Crippen LogP contribution in [-0.4, -0.2) is 13.1 Å². The highest BCUT2D eigenvalue weighted by Gasteiger charge is 2.41. The molecule has 1 aromatic heterocycles. The first-order chi connectivity index (χ1) is 14.2. The van der Waals surface area contributed by atoms with Gasteiger partial charge in [0.2, 0.25) is 0 Å². The summed E-state index contributed by atoms with van der Waals surface area (Å²) in [5.41, 5.74) is 8.86. The van der Waals surface area contributed by atoms with Gasteiger partial charge in [-0.3, -0.25) is 0 Å². The predicted octanol–water partition coefficient (Wildman–Crippen LogP) is 8.12. The number of pyridine rings is 1. The highest BCUT2D eigenvalue weighted by atomic mass is 79.9. The molecule has 1 N–H and O–H groups in total. The van der Waals surface area contributed by atoms with E-state index in [1.165, 1.54) is 54.0 Å². The van der Waals surface area contributed by atoms with E-state index >= 15 is 0 Å². The average molecular weight is 539 g/mol.